The van der Waals surface area contributed by atoms with Gasteiger partial charge in [0.05, 0.1) is 0 Å². The molecule has 0 saturated carbocycles. The Morgan fingerprint density at radius 3 is 2.38 bits per heavy atom. The van der Waals surface area contributed by atoms with Crippen LogP contribution in [-0.4, -0.2) is 6.85 Å². The molecule has 0 heterocycles. The van der Waals surface area contributed by atoms with E-state index >= 15 is 0 Å². The molecular formula is C14H20BN. The van der Waals surface area contributed by atoms with E-state index in [1.54, 1.807) is 0 Å². The van der Waals surface area contributed by atoms with Gasteiger partial charge in [-0.05, 0) is 11.6 Å². The summed E-state index contributed by atoms with van der Waals surface area (Å²) < 4.78 is 0. The monoisotopic (exact) mass is 213 g/mol. The fraction of sp³-hybridized carbons (Fsp3) is 0.286. The first-order valence-corrected chi connectivity index (χ1v) is 5.96. The van der Waals surface area contributed by atoms with E-state index in [1.807, 2.05) is 18.2 Å². The standard InChI is InChI=1S/C14H20BN/c1-4-10-14(16-15(5-2)6-3)13-11-8-7-9-12-13/h4,7-12,16H,1,5-6H2,2-3H3. The molecule has 84 valence electrons. The third-order valence-electron chi connectivity index (χ3n) is 2.71. The average molecular weight is 213 g/mol. The number of rotatable bonds is 6. The molecule has 0 amide bonds. The van der Waals surface area contributed by atoms with Gasteiger partial charge < -0.3 is 5.23 Å². The van der Waals surface area contributed by atoms with E-state index in [1.165, 1.54) is 5.56 Å². The van der Waals surface area contributed by atoms with Crippen LogP contribution in [-0.2, 0) is 0 Å². The van der Waals surface area contributed by atoms with Crippen LogP contribution in [0.5, 0.6) is 0 Å². The highest BCUT2D eigenvalue weighted by Crippen LogP contribution is 2.12. The highest BCUT2D eigenvalue weighted by Gasteiger charge is 2.10. The second kappa shape index (κ2) is 6.94. The Hall–Kier alpha value is -1.44. The number of nitrogens with one attached hydrogen (secondary N) is 1. The summed E-state index contributed by atoms with van der Waals surface area (Å²) in [6, 6.07) is 10.4. The lowest BCUT2D eigenvalue weighted by molar-refractivity contribution is 1.19. The minimum atomic E-state index is 0.534. The van der Waals surface area contributed by atoms with Gasteiger partial charge in [-0.3, -0.25) is 0 Å². The van der Waals surface area contributed by atoms with Crippen molar-refractivity contribution in [3.8, 4) is 0 Å². The first-order valence-electron chi connectivity index (χ1n) is 5.96. The Bertz CT molecular complexity index is 339. The molecule has 1 nitrogen and oxygen atoms in total. The van der Waals surface area contributed by atoms with Gasteiger partial charge in [0.25, 0.3) is 6.85 Å². The smallest absolute Gasteiger partial charge is 0.250 e. The summed E-state index contributed by atoms with van der Waals surface area (Å²) in [5, 5.41) is 3.56. The van der Waals surface area contributed by atoms with Crippen LogP contribution in [0.4, 0.5) is 0 Å². The van der Waals surface area contributed by atoms with E-state index < -0.39 is 0 Å². The van der Waals surface area contributed by atoms with Gasteiger partial charge in [-0.1, -0.05) is 69.5 Å². The van der Waals surface area contributed by atoms with Crippen molar-refractivity contribution in [2.75, 3.05) is 0 Å². The van der Waals surface area contributed by atoms with Crippen molar-refractivity contribution in [3.05, 3.63) is 54.6 Å². The normalized spacial score (nSPS) is 11.0. The van der Waals surface area contributed by atoms with Gasteiger partial charge >= 0.3 is 0 Å². The number of allylic oxidation sites excluding steroid dienone is 2. The van der Waals surface area contributed by atoms with E-state index in [0.29, 0.717) is 6.85 Å². The molecule has 2 heteroatoms. The molecule has 0 aliphatic rings. The highest BCUT2D eigenvalue weighted by atomic mass is 14.8. The van der Waals surface area contributed by atoms with Crippen LogP contribution in [0.1, 0.15) is 19.4 Å². The summed E-state index contributed by atoms with van der Waals surface area (Å²) in [6.45, 7) is 8.71. The van der Waals surface area contributed by atoms with Crippen LogP contribution in [0.2, 0.25) is 12.6 Å². The lowest BCUT2D eigenvalue weighted by Gasteiger charge is -2.16. The molecular weight excluding hydrogens is 193 g/mol. The molecule has 1 rings (SSSR count). The summed E-state index contributed by atoms with van der Waals surface area (Å²) in [7, 11) is 0. The molecule has 1 aromatic carbocycles. The lowest BCUT2D eigenvalue weighted by atomic mass is 9.57. The van der Waals surface area contributed by atoms with Crippen LogP contribution in [0, 0.1) is 0 Å². The second-order valence-electron chi connectivity index (χ2n) is 3.84. The summed E-state index contributed by atoms with van der Waals surface area (Å²) in [6.07, 6.45) is 6.14. The highest BCUT2D eigenvalue weighted by molar-refractivity contribution is 6.57. The van der Waals surface area contributed by atoms with Gasteiger partial charge in [0.15, 0.2) is 0 Å². The van der Waals surface area contributed by atoms with Gasteiger partial charge in [-0.15, -0.1) is 0 Å². The topological polar surface area (TPSA) is 12.0 Å². The zero-order valence-electron chi connectivity index (χ0n) is 10.2. The summed E-state index contributed by atoms with van der Waals surface area (Å²) in [4.78, 5) is 0. The molecule has 0 unspecified atom stereocenters. The molecule has 0 aliphatic carbocycles. The third kappa shape index (κ3) is 3.61. The lowest BCUT2D eigenvalue weighted by Crippen LogP contribution is -2.30. The number of benzene rings is 1. The van der Waals surface area contributed by atoms with Crippen molar-refractivity contribution in [1.29, 1.82) is 0 Å². The predicted octanol–water partition coefficient (Wildman–Crippen LogP) is 3.83. The number of hydrogen-bond donors (Lipinski definition) is 1. The van der Waals surface area contributed by atoms with Crippen molar-refractivity contribution < 1.29 is 0 Å². The van der Waals surface area contributed by atoms with E-state index in [9.17, 15) is 0 Å². The Labute approximate surface area is 99.4 Å². The van der Waals surface area contributed by atoms with Crippen LogP contribution >= 0.6 is 0 Å². The Kier molecular flexibility index (Phi) is 5.48. The maximum absolute atomic E-state index is 3.77. The summed E-state index contributed by atoms with van der Waals surface area (Å²) >= 11 is 0. The first-order chi connectivity index (χ1) is 7.81. The summed E-state index contributed by atoms with van der Waals surface area (Å²) in [5.74, 6) is 0. The molecule has 0 radical (unpaired) electrons. The largest absolute Gasteiger partial charge is 0.427 e. The van der Waals surface area contributed by atoms with E-state index in [0.717, 1.165) is 18.3 Å². The zero-order valence-corrected chi connectivity index (χ0v) is 10.2. The number of hydrogen-bond acceptors (Lipinski definition) is 1. The van der Waals surface area contributed by atoms with Crippen molar-refractivity contribution in [1.82, 2.24) is 5.23 Å². The molecule has 0 aliphatic heterocycles. The van der Waals surface area contributed by atoms with E-state index in [-0.39, 0.29) is 0 Å². The molecule has 16 heavy (non-hydrogen) atoms. The third-order valence-corrected chi connectivity index (χ3v) is 2.71. The molecule has 1 N–H and O–H groups in total. The van der Waals surface area contributed by atoms with Gasteiger partial charge in [0.2, 0.25) is 0 Å². The fourth-order valence-electron chi connectivity index (χ4n) is 1.68. The van der Waals surface area contributed by atoms with Crippen LogP contribution < -0.4 is 5.23 Å². The van der Waals surface area contributed by atoms with Gasteiger partial charge in [0.1, 0.15) is 0 Å². The molecule has 0 bridgehead atoms. The Balaban J connectivity index is 2.84. The summed E-state index contributed by atoms with van der Waals surface area (Å²) in [5.41, 5.74) is 2.37. The van der Waals surface area contributed by atoms with Crippen molar-refractivity contribution in [3.63, 3.8) is 0 Å². The quantitative estimate of drug-likeness (QED) is 0.559. The molecule has 0 saturated heterocycles. The molecule has 0 fully saturated rings. The first kappa shape index (κ1) is 12.6. The van der Waals surface area contributed by atoms with Crippen LogP contribution in [0.25, 0.3) is 5.70 Å². The van der Waals surface area contributed by atoms with Crippen molar-refractivity contribution in [2.45, 2.75) is 26.5 Å². The molecule has 0 spiro atoms. The van der Waals surface area contributed by atoms with Gasteiger partial charge in [-0.2, -0.15) is 0 Å². The fourth-order valence-corrected chi connectivity index (χ4v) is 1.68. The second-order valence-corrected chi connectivity index (χ2v) is 3.84. The average Bonchev–Trinajstić information content (AvgIpc) is 2.35. The Morgan fingerprint density at radius 1 is 1.25 bits per heavy atom. The van der Waals surface area contributed by atoms with E-state index in [2.05, 4.69) is 49.9 Å². The van der Waals surface area contributed by atoms with Gasteiger partial charge in [0, 0.05) is 5.70 Å². The maximum Gasteiger partial charge on any atom is 0.250 e. The predicted molar refractivity (Wildman–Crippen MR) is 74.5 cm³/mol. The molecule has 0 aromatic heterocycles. The van der Waals surface area contributed by atoms with Crippen LogP contribution in [0.15, 0.2) is 49.1 Å². The van der Waals surface area contributed by atoms with Gasteiger partial charge in [-0.25, -0.2) is 0 Å². The zero-order chi connectivity index (χ0) is 11.8. The van der Waals surface area contributed by atoms with Crippen molar-refractivity contribution >= 4 is 12.5 Å². The Morgan fingerprint density at radius 2 is 1.88 bits per heavy atom. The minimum Gasteiger partial charge on any atom is -0.427 e. The van der Waals surface area contributed by atoms with Crippen molar-refractivity contribution in [2.24, 2.45) is 0 Å². The van der Waals surface area contributed by atoms with Crippen LogP contribution in [0.3, 0.4) is 0 Å². The van der Waals surface area contributed by atoms with E-state index in [4.69, 9.17) is 0 Å². The molecule has 1 aromatic rings. The molecule has 0 atom stereocenters. The SMILES string of the molecule is C=CC=C(NB(CC)CC)c1ccccc1. The minimum absolute atomic E-state index is 0.534. The maximum atomic E-state index is 3.77.